The zero-order valence-electron chi connectivity index (χ0n) is 17.4. The van der Waals surface area contributed by atoms with E-state index >= 15 is 0 Å². The Kier molecular flexibility index (Phi) is 5.49. The van der Waals surface area contributed by atoms with Gasteiger partial charge in [0.2, 0.25) is 0 Å². The van der Waals surface area contributed by atoms with Crippen LogP contribution < -0.4 is 4.74 Å². The SMILES string of the molecule is COc1ccc(C2=C3C(=O)N(C)C(SC)=C3C(=O)N2CC(=O)OC(C)(C)C)cc1. The molecule has 0 atom stereocenters. The Labute approximate surface area is 174 Å². The fourth-order valence-electron chi connectivity index (χ4n) is 3.37. The van der Waals surface area contributed by atoms with Crippen molar-refractivity contribution in [3.63, 3.8) is 0 Å². The Balaban J connectivity index is 2.11. The lowest BCUT2D eigenvalue weighted by atomic mass is 10.0. The second-order valence-electron chi connectivity index (χ2n) is 7.68. The van der Waals surface area contributed by atoms with Gasteiger partial charge in [0.1, 0.15) is 17.9 Å². The van der Waals surface area contributed by atoms with Crippen molar-refractivity contribution in [2.75, 3.05) is 27.0 Å². The van der Waals surface area contributed by atoms with Crippen LogP contribution in [0.15, 0.2) is 40.4 Å². The van der Waals surface area contributed by atoms with Crippen LogP contribution in [-0.2, 0) is 19.1 Å². The molecule has 0 saturated heterocycles. The van der Waals surface area contributed by atoms with Crippen molar-refractivity contribution in [1.29, 1.82) is 0 Å². The Morgan fingerprint density at radius 2 is 1.69 bits per heavy atom. The quantitative estimate of drug-likeness (QED) is 0.687. The van der Waals surface area contributed by atoms with E-state index in [0.29, 0.717) is 33.2 Å². The van der Waals surface area contributed by atoms with Gasteiger partial charge in [0.05, 0.1) is 29.0 Å². The molecule has 1 aromatic carbocycles. The molecule has 0 N–H and O–H groups in total. The molecule has 0 bridgehead atoms. The van der Waals surface area contributed by atoms with E-state index in [1.54, 1.807) is 59.2 Å². The maximum atomic E-state index is 13.3. The first kappa shape index (κ1) is 21.0. The number of likely N-dealkylation sites (N-methyl/N-ethyl adjacent to an activating group) is 1. The molecule has 7 nitrogen and oxygen atoms in total. The summed E-state index contributed by atoms with van der Waals surface area (Å²) in [6, 6.07) is 7.03. The van der Waals surface area contributed by atoms with Gasteiger partial charge in [-0.3, -0.25) is 19.3 Å². The topological polar surface area (TPSA) is 76.2 Å². The molecule has 0 spiro atoms. The second-order valence-corrected chi connectivity index (χ2v) is 8.47. The molecule has 2 amide bonds. The normalized spacial score (nSPS) is 16.8. The average Bonchev–Trinajstić information content (AvgIpc) is 3.06. The van der Waals surface area contributed by atoms with Gasteiger partial charge in [-0.05, 0) is 56.9 Å². The highest BCUT2D eigenvalue weighted by Gasteiger charge is 2.48. The molecule has 0 unspecified atom stereocenters. The van der Waals surface area contributed by atoms with E-state index < -0.39 is 11.6 Å². The average molecular weight is 416 g/mol. The number of amides is 2. The first-order chi connectivity index (χ1) is 13.6. The van der Waals surface area contributed by atoms with Gasteiger partial charge in [0.25, 0.3) is 11.8 Å². The van der Waals surface area contributed by atoms with E-state index in [1.165, 1.54) is 21.6 Å². The highest BCUT2D eigenvalue weighted by molar-refractivity contribution is 8.02. The lowest BCUT2D eigenvalue weighted by molar-refractivity contribution is -0.156. The molecule has 8 heteroatoms. The van der Waals surface area contributed by atoms with Crippen LogP contribution in [0, 0.1) is 0 Å². The second kappa shape index (κ2) is 7.59. The minimum Gasteiger partial charge on any atom is -0.497 e. The van der Waals surface area contributed by atoms with Crippen molar-refractivity contribution < 1.29 is 23.9 Å². The number of hydrogen-bond acceptors (Lipinski definition) is 6. The first-order valence-electron chi connectivity index (χ1n) is 9.08. The Hall–Kier alpha value is -2.74. The molecule has 0 saturated carbocycles. The van der Waals surface area contributed by atoms with E-state index in [-0.39, 0.29) is 18.4 Å². The molecule has 0 radical (unpaired) electrons. The molecule has 0 aliphatic carbocycles. The minimum atomic E-state index is -0.678. The highest BCUT2D eigenvalue weighted by atomic mass is 32.2. The van der Waals surface area contributed by atoms with Crippen LogP contribution in [0.1, 0.15) is 26.3 Å². The maximum Gasteiger partial charge on any atom is 0.326 e. The van der Waals surface area contributed by atoms with Gasteiger partial charge in [-0.2, -0.15) is 0 Å². The van der Waals surface area contributed by atoms with Crippen LogP contribution in [0.3, 0.4) is 0 Å². The maximum absolute atomic E-state index is 13.3. The summed E-state index contributed by atoms with van der Waals surface area (Å²) in [5, 5.41) is 0.577. The summed E-state index contributed by atoms with van der Waals surface area (Å²) in [4.78, 5) is 41.5. The number of fused-ring (bicyclic) bond motifs is 1. The largest absolute Gasteiger partial charge is 0.497 e. The molecule has 2 aliphatic heterocycles. The number of esters is 1. The van der Waals surface area contributed by atoms with Crippen molar-refractivity contribution in [2.24, 2.45) is 0 Å². The van der Waals surface area contributed by atoms with Gasteiger partial charge in [-0.25, -0.2) is 0 Å². The summed E-state index contributed by atoms with van der Waals surface area (Å²) >= 11 is 1.33. The number of thioether (sulfide) groups is 1. The van der Waals surface area contributed by atoms with Crippen LogP contribution >= 0.6 is 11.8 Å². The zero-order valence-corrected chi connectivity index (χ0v) is 18.2. The smallest absolute Gasteiger partial charge is 0.326 e. The van der Waals surface area contributed by atoms with Crippen molar-refractivity contribution in [2.45, 2.75) is 26.4 Å². The van der Waals surface area contributed by atoms with Crippen LogP contribution in [0.5, 0.6) is 5.75 Å². The molecule has 154 valence electrons. The number of nitrogens with zero attached hydrogens (tertiary/aromatic N) is 2. The summed E-state index contributed by atoms with van der Waals surface area (Å²) in [6.45, 7) is 5.02. The number of carbonyl (C=O) groups excluding carboxylic acids is 3. The minimum absolute atomic E-state index is 0.268. The van der Waals surface area contributed by atoms with Crippen molar-refractivity contribution >= 4 is 35.2 Å². The van der Waals surface area contributed by atoms with Gasteiger partial charge in [-0.15, -0.1) is 11.8 Å². The van der Waals surface area contributed by atoms with Crippen LogP contribution in [0.2, 0.25) is 0 Å². The monoisotopic (exact) mass is 416 g/mol. The first-order valence-corrected chi connectivity index (χ1v) is 10.3. The van der Waals surface area contributed by atoms with Gasteiger partial charge in [-0.1, -0.05) is 0 Å². The highest BCUT2D eigenvalue weighted by Crippen LogP contribution is 2.45. The summed E-state index contributed by atoms with van der Waals surface area (Å²) in [5.41, 5.74) is 1.04. The lowest BCUT2D eigenvalue weighted by Gasteiger charge is -2.25. The van der Waals surface area contributed by atoms with Crippen LogP contribution in [-0.4, -0.2) is 60.1 Å². The standard InChI is InChI=1S/C21H24N2O5S/c1-21(2,3)28-14(24)11-23-17(12-7-9-13(27-5)10-8-12)15-16(19(23)26)20(29-6)22(4)18(15)25/h7-10H,11H2,1-6H3. The van der Waals surface area contributed by atoms with Gasteiger partial charge in [0, 0.05) is 7.05 Å². The Morgan fingerprint density at radius 3 is 2.21 bits per heavy atom. The molecular formula is C21H24N2O5S. The van der Waals surface area contributed by atoms with E-state index in [9.17, 15) is 14.4 Å². The van der Waals surface area contributed by atoms with E-state index in [0.717, 1.165) is 0 Å². The van der Waals surface area contributed by atoms with Crippen LogP contribution in [0.4, 0.5) is 0 Å². The third-order valence-electron chi connectivity index (χ3n) is 4.52. The summed E-state index contributed by atoms with van der Waals surface area (Å²) < 4.78 is 10.6. The van der Waals surface area contributed by atoms with Crippen molar-refractivity contribution in [1.82, 2.24) is 9.80 Å². The molecule has 3 rings (SSSR count). The number of benzene rings is 1. The van der Waals surface area contributed by atoms with Crippen molar-refractivity contribution in [3.8, 4) is 5.75 Å². The molecule has 0 aromatic heterocycles. The molecule has 2 heterocycles. The lowest BCUT2D eigenvalue weighted by Crippen LogP contribution is -2.36. The third-order valence-corrected chi connectivity index (χ3v) is 5.38. The number of rotatable bonds is 5. The molecule has 1 aromatic rings. The molecular weight excluding hydrogens is 392 g/mol. The zero-order chi connectivity index (χ0) is 21.5. The Morgan fingerprint density at radius 1 is 1.07 bits per heavy atom. The summed E-state index contributed by atoms with van der Waals surface area (Å²) in [5.74, 6) is -0.531. The molecule has 0 fully saturated rings. The molecule has 2 aliphatic rings. The van der Waals surface area contributed by atoms with Gasteiger partial charge < -0.3 is 14.4 Å². The fourth-order valence-corrected chi connectivity index (χ4v) is 4.12. The summed E-state index contributed by atoms with van der Waals surface area (Å²) in [6.07, 6.45) is 1.81. The number of ether oxygens (including phenoxy) is 2. The number of hydrogen-bond donors (Lipinski definition) is 0. The van der Waals surface area contributed by atoms with Crippen LogP contribution in [0.25, 0.3) is 5.70 Å². The number of carbonyl (C=O) groups is 3. The van der Waals surface area contributed by atoms with E-state index in [2.05, 4.69) is 0 Å². The number of methoxy groups -OCH3 is 1. The Bertz CT molecular complexity index is 941. The fraction of sp³-hybridized carbons (Fsp3) is 0.381. The van der Waals surface area contributed by atoms with E-state index in [1.807, 2.05) is 6.26 Å². The van der Waals surface area contributed by atoms with Crippen molar-refractivity contribution in [3.05, 3.63) is 46.0 Å². The van der Waals surface area contributed by atoms with E-state index in [4.69, 9.17) is 9.47 Å². The molecule has 29 heavy (non-hydrogen) atoms. The third kappa shape index (κ3) is 3.76. The predicted molar refractivity (Wildman–Crippen MR) is 111 cm³/mol. The predicted octanol–water partition coefficient (Wildman–Crippen LogP) is 2.64. The summed E-state index contributed by atoms with van der Waals surface area (Å²) in [7, 11) is 3.20. The van der Waals surface area contributed by atoms with Gasteiger partial charge >= 0.3 is 5.97 Å². The van der Waals surface area contributed by atoms with Gasteiger partial charge in [0.15, 0.2) is 0 Å².